The van der Waals surface area contributed by atoms with Crippen LogP contribution in [0.5, 0.6) is 5.75 Å². The molecule has 0 saturated heterocycles. The second kappa shape index (κ2) is 5.54. The van der Waals surface area contributed by atoms with Gasteiger partial charge in [-0.3, -0.25) is 0 Å². The Morgan fingerprint density at radius 3 is 2.21 bits per heavy atom. The van der Waals surface area contributed by atoms with Gasteiger partial charge in [-0.2, -0.15) is 0 Å². The molecule has 1 aliphatic carbocycles. The van der Waals surface area contributed by atoms with Crippen LogP contribution in [0.25, 0.3) is 0 Å². The highest BCUT2D eigenvalue weighted by atomic mass is 16.5. The molecule has 0 aliphatic heterocycles. The van der Waals surface area contributed by atoms with Crippen LogP contribution in [0.4, 0.5) is 0 Å². The van der Waals surface area contributed by atoms with Gasteiger partial charge in [0.25, 0.3) is 0 Å². The smallest absolute Gasteiger partial charge is 0.119 e. The van der Waals surface area contributed by atoms with Gasteiger partial charge in [-0.1, -0.05) is 39.8 Å². The molecule has 1 N–H and O–H groups in total. The lowest BCUT2D eigenvalue weighted by atomic mass is 9.60. The third-order valence-electron chi connectivity index (χ3n) is 4.88. The number of benzene rings is 1. The summed E-state index contributed by atoms with van der Waals surface area (Å²) in [5.41, 5.74) is 1.29. The monoisotopic (exact) mass is 262 g/mol. The molecule has 0 heterocycles. The molecule has 19 heavy (non-hydrogen) atoms. The van der Waals surface area contributed by atoms with Gasteiger partial charge in [-0.05, 0) is 36.5 Å². The van der Waals surface area contributed by atoms with Gasteiger partial charge in [0.1, 0.15) is 11.9 Å². The number of hydrogen-bond acceptors (Lipinski definition) is 2. The predicted octanol–water partition coefficient (Wildman–Crippen LogP) is 4.13. The molecule has 2 rings (SSSR count). The Morgan fingerprint density at radius 2 is 1.79 bits per heavy atom. The average Bonchev–Trinajstić information content (AvgIpc) is 2.40. The van der Waals surface area contributed by atoms with Crippen molar-refractivity contribution in [1.29, 1.82) is 0 Å². The highest BCUT2D eigenvalue weighted by molar-refractivity contribution is 5.29. The zero-order valence-corrected chi connectivity index (χ0v) is 12.5. The van der Waals surface area contributed by atoms with Gasteiger partial charge in [0, 0.05) is 11.8 Å². The van der Waals surface area contributed by atoms with Crippen LogP contribution in [0.15, 0.2) is 24.3 Å². The fraction of sp³-hybridized carbons (Fsp3) is 0.647. The predicted molar refractivity (Wildman–Crippen MR) is 78.6 cm³/mol. The molecule has 2 nitrogen and oxygen atoms in total. The van der Waals surface area contributed by atoms with E-state index in [0.717, 1.165) is 25.0 Å². The molecule has 106 valence electrons. The van der Waals surface area contributed by atoms with E-state index in [2.05, 4.69) is 52.0 Å². The van der Waals surface area contributed by atoms with Gasteiger partial charge < -0.3 is 9.84 Å². The highest BCUT2D eigenvalue weighted by Gasteiger charge is 2.53. The molecule has 0 amide bonds. The van der Waals surface area contributed by atoms with Crippen molar-refractivity contribution in [3.05, 3.63) is 29.8 Å². The number of ether oxygens (including phenoxy) is 1. The maximum atomic E-state index is 10.0. The van der Waals surface area contributed by atoms with Crippen LogP contribution < -0.4 is 4.74 Å². The first-order chi connectivity index (χ1) is 9.03. The Balaban J connectivity index is 2.05. The fourth-order valence-electron chi connectivity index (χ4n) is 3.16. The number of hydrogen-bond donors (Lipinski definition) is 1. The molecular weight excluding hydrogens is 236 g/mol. The summed E-state index contributed by atoms with van der Waals surface area (Å²) >= 11 is 0. The van der Waals surface area contributed by atoms with Crippen molar-refractivity contribution < 1.29 is 9.84 Å². The molecule has 0 bridgehead atoms. The van der Waals surface area contributed by atoms with E-state index < -0.39 is 0 Å². The standard InChI is InChI=1S/C17H26O2/c1-5-17(6-2)15(18)11-16(17)19-14-9-7-13(8-10-14)12(3)4/h7-10,12,15-16,18H,5-6,11H2,1-4H3. The summed E-state index contributed by atoms with van der Waals surface area (Å²) in [4.78, 5) is 0. The summed E-state index contributed by atoms with van der Waals surface area (Å²) in [6, 6.07) is 8.37. The molecule has 0 spiro atoms. The van der Waals surface area contributed by atoms with Crippen LogP contribution >= 0.6 is 0 Å². The van der Waals surface area contributed by atoms with Crippen molar-refractivity contribution in [2.75, 3.05) is 0 Å². The summed E-state index contributed by atoms with van der Waals surface area (Å²) < 4.78 is 6.09. The van der Waals surface area contributed by atoms with E-state index in [4.69, 9.17) is 4.74 Å². The van der Waals surface area contributed by atoms with Crippen LogP contribution in [0.1, 0.15) is 58.4 Å². The Hall–Kier alpha value is -1.02. The summed E-state index contributed by atoms with van der Waals surface area (Å²) in [5, 5.41) is 10.0. The lowest BCUT2D eigenvalue weighted by Crippen LogP contribution is -2.59. The van der Waals surface area contributed by atoms with E-state index in [0.29, 0.717) is 5.92 Å². The van der Waals surface area contributed by atoms with E-state index >= 15 is 0 Å². The van der Waals surface area contributed by atoms with Gasteiger partial charge >= 0.3 is 0 Å². The zero-order chi connectivity index (χ0) is 14.0. The minimum Gasteiger partial charge on any atom is -0.490 e. The first-order valence-electron chi connectivity index (χ1n) is 7.48. The Labute approximate surface area is 116 Å². The lowest BCUT2D eigenvalue weighted by molar-refractivity contribution is -0.159. The van der Waals surface area contributed by atoms with Crippen LogP contribution in [-0.2, 0) is 0 Å². The van der Waals surface area contributed by atoms with Gasteiger partial charge in [0.2, 0.25) is 0 Å². The third kappa shape index (κ3) is 2.51. The largest absolute Gasteiger partial charge is 0.490 e. The molecule has 0 aromatic heterocycles. The summed E-state index contributed by atoms with van der Waals surface area (Å²) in [5.74, 6) is 1.47. The van der Waals surface area contributed by atoms with Crippen molar-refractivity contribution in [2.24, 2.45) is 5.41 Å². The Kier molecular flexibility index (Phi) is 4.19. The molecular formula is C17H26O2. The van der Waals surface area contributed by atoms with Crippen molar-refractivity contribution in [1.82, 2.24) is 0 Å². The highest BCUT2D eigenvalue weighted by Crippen LogP contribution is 2.48. The Bertz CT molecular complexity index is 404. The fourth-order valence-corrected chi connectivity index (χ4v) is 3.16. The van der Waals surface area contributed by atoms with E-state index in [-0.39, 0.29) is 17.6 Å². The summed E-state index contributed by atoms with van der Waals surface area (Å²) in [7, 11) is 0. The van der Waals surface area contributed by atoms with E-state index in [1.807, 2.05) is 0 Å². The van der Waals surface area contributed by atoms with Crippen molar-refractivity contribution >= 4 is 0 Å². The molecule has 2 heteroatoms. The number of aliphatic hydroxyl groups excluding tert-OH is 1. The molecule has 1 aliphatic rings. The first kappa shape index (κ1) is 14.4. The maximum absolute atomic E-state index is 10.0. The molecule has 1 saturated carbocycles. The normalized spacial score (nSPS) is 25.2. The third-order valence-corrected chi connectivity index (χ3v) is 4.88. The van der Waals surface area contributed by atoms with Crippen molar-refractivity contribution in [2.45, 2.75) is 65.1 Å². The van der Waals surface area contributed by atoms with Gasteiger partial charge in [0.15, 0.2) is 0 Å². The van der Waals surface area contributed by atoms with Crippen LogP contribution in [-0.4, -0.2) is 17.3 Å². The van der Waals surface area contributed by atoms with Crippen LogP contribution in [0.2, 0.25) is 0 Å². The van der Waals surface area contributed by atoms with Crippen LogP contribution in [0, 0.1) is 5.41 Å². The second-order valence-electron chi connectivity index (χ2n) is 6.02. The van der Waals surface area contributed by atoms with Crippen LogP contribution in [0.3, 0.4) is 0 Å². The SMILES string of the molecule is CCC1(CC)C(O)CC1Oc1ccc(C(C)C)cc1. The van der Waals surface area contributed by atoms with E-state index in [9.17, 15) is 5.11 Å². The van der Waals surface area contributed by atoms with E-state index in [1.54, 1.807) is 0 Å². The quantitative estimate of drug-likeness (QED) is 0.864. The van der Waals surface area contributed by atoms with Crippen molar-refractivity contribution in [3.63, 3.8) is 0 Å². The Morgan fingerprint density at radius 1 is 1.21 bits per heavy atom. The maximum Gasteiger partial charge on any atom is 0.119 e. The minimum atomic E-state index is -0.206. The van der Waals surface area contributed by atoms with Crippen molar-refractivity contribution in [3.8, 4) is 5.75 Å². The molecule has 0 radical (unpaired) electrons. The molecule has 1 aromatic rings. The molecule has 2 unspecified atom stereocenters. The first-order valence-corrected chi connectivity index (χ1v) is 7.48. The van der Waals surface area contributed by atoms with Gasteiger partial charge in [-0.25, -0.2) is 0 Å². The lowest BCUT2D eigenvalue weighted by Gasteiger charge is -2.52. The number of aliphatic hydroxyl groups is 1. The molecule has 2 atom stereocenters. The average molecular weight is 262 g/mol. The minimum absolute atomic E-state index is 0.0449. The number of rotatable bonds is 5. The summed E-state index contributed by atoms with van der Waals surface area (Å²) in [6.07, 6.45) is 2.65. The van der Waals surface area contributed by atoms with Gasteiger partial charge in [-0.15, -0.1) is 0 Å². The topological polar surface area (TPSA) is 29.5 Å². The second-order valence-corrected chi connectivity index (χ2v) is 6.02. The molecule has 1 aromatic carbocycles. The van der Waals surface area contributed by atoms with Gasteiger partial charge in [0.05, 0.1) is 6.10 Å². The summed E-state index contributed by atoms with van der Waals surface area (Å²) in [6.45, 7) is 8.67. The zero-order valence-electron chi connectivity index (χ0n) is 12.5. The molecule has 1 fully saturated rings. The van der Waals surface area contributed by atoms with E-state index in [1.165, 1.54) is 5.56 Å².